The summed E-state index contributed by atoms with van der Waals surface area (Å²) < 4.78 is 5.33. The maximum absolute atomic E-state index is 12.6. The second-order valence-corrected chi connectivity index (χ2v) is 6.77. The molecule has 1 heterocycles. The molecule has 3 heteroatoms. The van der Waals surface area contributed by atoms with Crippen LogP contribution in [-0.2, 0) is 16.0 Å². The van der Waals surface area contributed by atoms with Gasteiger partial charge < -0.3 is 4.74 Å². The lowest BCUT2D eigenvalue weighted by Crippen LogP contribution is -2.36. The Kier molecular flexibility index (Phi) is 5.67. The van der Waals surface area contributed by atoms with Crippen LogP contribution < -0.4 is 0 Å². The van der Waals surface area contributed by atoms with Crippen LogP contribution in [-0.4, -0.2) is 18.3 Å². The Hall–Kier alpha value is -2.68. The quantitative estimate of drug-likeness (QED) is 0.388. The normalized spacial score (nSPS) is 20.0. The van der Waals surface area contributed by atoms with Crippen molar-refractivity contribution in [2.24, 2.45) is 10.4 Å². The molecule has 0 spiro atoms. The summed E-state index contributed by atoms with van der Waals surface area (Å²) in [6.45, 7) is 6.62. The van der Waals surface area contributed by atoms with Gasteiger partial charge in [0.05, 0.1) is 12.3 Å². The van der Waals surface area contributed by atoms with E-state index < -0.39 is 5.41 Å². The Morgan fingerprint density at radius 2 is 1.77 bits per heavy atom. The third-order valence-corrected chi connectivity index (χ3v) is 5.12. The van der Waals surface area contributed by atoms with E-state index in [1.807, 2.05) is 43.3 Å². The topological polar surface area (TPSA) is 38.7 Å². The molecule has 1 aliphatic rings. The summed E-state index contributed by atoms with van der Waals surface area (Å²) in [7, 11) is 0. The number of nitrogens with zero attached hydrogens (tertiary/aromatic N) is 1. The molecule has 1 fully saturated rings. The average molecular weight is 347 g/mol. The molecule has 1 atom stereocenters. The van der Waals surface area contributed by atoms with Crippen LogP contribution in [0.15, 0.2) is 77.8 Å². The molecule has 0 radical (unpaired) electrons. The van der Waals surface area contributed by atoms with E-state index in [-0.39, 0.29) is 5.97 Å². The minimum Gasteiger partial charge on any atom is -0.465 e. The SMILES string of the molecule is C=C(CCCc1ccccc1)C1(C(C)=Nc2ccccc2)CCOC1=O. The maximum Gasteiger partial charge on any atom is 0.322 e. The first-order valence-corrected chi connectivity index (χ1v) is 9.13. The summed E-state index contributed by atoms with van der Waals surface area (Å²) in [5.74, 6) is -0.209. The highest BCUT2D eigenvalue weighted by Crippen LogP contribution is 2.41. The Morgan fingerprint density at radius 1 is 1.12 bits per heavy atom. The van der Waals surface area contributed by atoms with E-state index in [2.05, 4.69) is 30.8 Å². The predicted molar refractivity (Wildman–Crippen MR) is 106 cm³/mol. The number of carbonyl (C=O) groups excluding carboxylic acids is 1. The summed E-state index contributed by atoms with van der Waals surface area (Å²) in [4.78, 5) is 17.3. The van der Waals surface area contributed by atoms with Crippen LogP contribution in [0, 0.1) is 5.41 Å². The zero-order chi connectivity index (χ0) is 18.4. The number of hydrogen-bond acceptors (Lipinski definition) is 3. The smallest absolute Gasteiger partial charge is 0.322 e. The Labute approximate surface area is 155 Å². The average Bonchev–Trinajstić information content (AvgIpc) is 3.06. The van der Waals surface area contributed by atoms with Crippen molar-refractivity contribution in [2.75, 3.05) is 6.61 Å². The van der Waals surface area contributed by atoms with Crippen LogP contribution in [0.5, 0.6) is 0 Å². The molecular formula is C23H25NO2. The van der Waals surface area contributed by atoms with E-state index >= 15 is 0 Å². The van der Waals surface area contributed by atoms with Crippen LogP contribution in [0.4, 0.5) is 5.69 Å². The minimum absolute atomic E-state index is 0.209. The first-order valence-electron chi connectivity index (χ1n) is 9.13. The molecule has 26 heavy (non-hydrogen) atoms. The van der Waals surface area contributed by atoms with Gasteiger partial charge in [-0.2, -0.15) is 0 Å². The molecule has 2 aromatic carbocycles. The fourth-order valence-electron chi connectivity index (χ4n) is 3.58. The van der Waals surface area contributed by atoms with Crippen molar-refractivity contribution in [3.05, 3.63) is 78.4 Å². The molecule has 2 aromatic rings. The largest absolute Gasteiger partial charge is 0.465 e. The molecule has 1 saturated heterocycles. The van der Waals surface area contributed by atoms with E-state index in [1.54, 1.807) is 0 Å². The Balaban J connectivity index is 1.76. The van der Waals surface area contributed by atoms with Crippen molar-refractivity contribution in [2.45, 2.75) is 32.6 Å². The number of aryl methyl sites for hydroxylation is 1. The maximum atomic E-state index is 12.6. The molecule has 134 valence electrons. The Morgan fingerprint density at radius 3 is 2.38 bits per heavy atom. The molecule has 0 saturated carbocycles. The lowest BCUT2D eigenvalue weighted by atomic mass is 9.73. The van der Waals surface area contributed by atoms with Gasteiger partial charge in [0.15, 0.2) is 0 Å². The first-order chi connectivity index (χ1) is 12.6. The van der Waals surface area contributed by atoms with Gasteiger partial charge in [0.2, 0.25) is 0 Å². The van der Waals surface area contributed by atoms with Gasteiger partial charge in [-0.05, 0) is 43.9 Å². The molecule has 1 aliphatic heterocycles. The highest BCUT2D eigenvalue weighted by atomic mass is 16.5. The first kappa shape index (κ1) is 18.1. The second kappa shape index (κ2) is 8.13. The second-order valence-electron chi connectivity index (χ2n) is 6.77. The number of para-hydroxylation sites is 1. The lowest BCUT2D eigenvalue weighted by Gasteiger charge is -2.27. The number of carbonyl (C=O) groups is 1. The van der Waals surface area contributed by atoms with Crippen LogP contribution in [0.1, 0.15) is 31.7 Å². The molecule has 1 unspecified atom stereocenters. The van der Waals surface area contributed by atoms with Gasteiger partial charge in [-0.3, -0.25) is 9.79 Å². The van der Waals surface area contributed by atoms with Gasteiger partial charge in [0.25, 0.3) is 0 Å². The molecule has 3 rings (SSSR count). The molecule has 0 bridgehead atoms. The molecule has 3 nitrogen and oxygen atoms in total. The fourth-order valence-corrected chi connectivity index (χ4v) is 3.58. The van der Waals surface area contributed by atoms with Crippen molar-refractivity contribution in [3.8, 4) is 0 Å². The standard InChI is InChI=1S/C23H25NO2/c1-18(10-9-13-20-11-5-3-6-12-20)23(16-17-26-22(23)25)19(2)24-21-14-7-4-8-15-21/h3-8,11-12,14-15H,1,9-10,13,16-17H2,2H3. The van der Waals surface area contributed by atoms with E-state index in [0.717, 1.165) is 36.2 Å². The van der Waals surface area contributed by atoms with Gasteiger partial charge in [0, 0.05) is 12.1 Å². The summed E-state index contributed by atoms with van der Waals surface area (Å²) in [6.07, 6.45) is 3.33. The van der Waals surface area contributed by atoms with Crippen molar-refractivity contribution >= 4 is 17.4 Å². The minimum atomic E-state index is -0.785. The van der Waals surface area contributed by atoms with Crippen molar-refractivity contribution in [1.29, 1.82) is 0 Å². The molecule has 0 N–H and O–H groups in total. The highest BCUT2D eigenvalue weighted by Gasteiger charge is 2.49. The van der Waals surface area contributed by atoms with E-state index in [1.165, 1.54) is 5.56 Å². The van der Waals surface area contributed by atoms with Gasteiger partial charge in [0.1, 0.15) is 5.41 Å². The van der Waals surface area contributed by atoms with Gasteiger partial charge in [-0.15, -0.1) is 0 Å². The van der Waals surface area contributed by atoms with Crippen molar-refractivity contribution in [1.82, 2.24) is 0 Å². The number of hydrogen-bond donors (Lipinski definition) is 0. The van der Waals surface area contributed by atoms with Crippen molar-refractivity contribution < 1.29 is 9.53 Å². The number of benzene rings is 2. The summed E-state index contributed by atoms with van der Waals surface area (Å²) >= 11 is 0. The molecule has 0 amide bonds. The predicted octanol–water partition coefficient (Wildman–Crippen LogP) is 5.29. The molecule has 0 aromatic heterocycles. The lowest BCUT2D eigenvalue weighted by molar-refractivity contribution is -0.142. The summed E-state index contributed by atoms with van der Waals surface area (Å²) in [5, 5.41) is 0. The zero-order valence-electron chi connectivity index (χ0n) is 15.3. The van der Waals surface area contributed by atoms with Gasteiger partial charge >= 0.3 is 5.97 Å². The number of cyclic esters (lactones) is 1. The third kappa shape index (κ3) is 3.77. The summed E-state index contributed by atoms with van der Waals surface area (Å²) in [5.41, 5.74) is 3.05. The number of aliphatic imine (C=N–C) groups is 1. The van der Waals surface area contributed by atoms with Crippen molar-refractivity contribution in [3.63, 3.8) is 0 Å². The zero-order valence-corrected chi connectivity index (χ0v) is 15.3. The fraction of sp³-hybridized carbons (Fsp3) is 0.304. The molecular weight excluding hydrogens is 322 g/mol. The van der Waals surface area contributed by atoms with E-state index in [4.69, 9.17) is 9.73 Å². The monoisotopic (exact) mass is 347 g/mol. The van der Waals surface area contributed by atoms with Crippen LogP contribution in [0.25, 0.3) is 0 Å². The molecule has 0 aliphatic carbocycles. The van der Waals surface area contributed by atoms with Gasteiger partial charge in [-0.25, -0.2) is 0 Å². The number of rotatable bonds is 7. The number of esters is 1. The summed E-state index contributed by atoms with van der Waals surface area (Å²) in [6, 6.07) is 20.1. The van der Waals surface area contributed by atoms with Crippen LogP contribution in [0.3, 0.4) is 0 Å². The number of ether oxygens (including phenoxy) is 1. The van der Waals surface area contributed by atoms with Gasteiger partial charge in [-0.1, -0.05) is 60.7 Å². The third-order valence-electron chi connectivity index (χ3n) is 5.12. The highest BCUT2D eigenvalue weighted by molar-refractivity contribution is 6.10. The van der Waals surface area contributed by atoms with E-state index in [0.29, 0.717) is 13.0 Å². The van der Waals surface area contributed by atoms with E-state index in [9.17, 15) is 4.79 Å². The Bertz CT molecular complexity index is 795. The van der Waals surface area contributed by atoms with Crippen LogP contribution >= 0.6 is 0 Å². The van der Waals surface area contributed by atoms with Crippen LogP contribution in [0.2, 0.25) is 0 Å².